The quantitative estimate of drug-likeness (QED) is 0.664. The molecule has 3 aliphatic rings. The Morgan fingerprint density at radius 1 is 1.09 bits per heavy atom. The van der Waals surface area contributed by atoms with Crippen molar-refractivity contribution >= 4 is 23.4 Å². The Labute approximate surface area is 193 Å². The lowest BCUT2D eigenvalue weighted by Gasteiger charge is -2.32. The van der Waals surface area contributed by atoms with Crippen molar-refractivity contribution in [3.63, 3.8) is 0 Å². The molecule has 0 bridgehead atoms. The predicted octanol–water partition coefficient (Wildman–Crippen LogP) is 2.29. The molecule has 3 amide bonds. The zero-order chi connectivity index (χ0) is 22.9. The summed E-state index contributed by atoms with van der Waals surface area (Å²) in [6, 6.07) is 12.0. The summed E-state index contributed by atoms with van der Waals surface area (Å²) in [5.74, 6) is -0.760. The topological polar surface area (TPSA) is 95.7 Å². The highest BCUT2D eigenvalue weighted by Crippen LogP contribution is 2.34. The van der Waals surface area contributed by atoms with E-state index >= 15 is 0 Å². The van der Waals surface area contributed by atoms with Gasteiger partial charge in [-0.1, -0.05) is 24.3 Å². The fraction of sp³-hybridized carbons (Fsp3) is 0.423. The number of carbonyl (C=O) groups is 3. The molecule has 1 unspecified atom stereocenters. The van der Waals surface area contributed by atoms with E-state index in [1.54, 1.807) is 4.90 Å². The van der Waals surface area contributed by atoms with Crippen molar-refractivity contribution in [3.8, 4) is 0 Å². The van der Waals surface area contributed by atoms with Gasteiger partial charge >= 0.3 is 0 Å². The highest BCUT2D eigenvalue weighted by Gasteiger charge is 2.39. The summed E-state index contributed by atoms with van der Waals surface area (Å²) in [4.78, 5) is 41.1. The molecule has 3 aliphatic heterocycles. The second kappa shape index (κ2) is 8.98. The predicted molar refractivity (Wildman–Crippen MR) is 126 cm³/mol. The molecule has 1 fully saturated rings. The SMILES string of the molecule is NCCCc1ccc2c(c1)N(Cc1cccc3c1CN(C1CCC(=O)NC1=O)C3=O)CCC2. The van der Waals surface area contributed by atoms with Crippen LogP contribution in [-0.4, -0.2) is 41.8 Å². The van der Waals surface area contributed by atoms with Crippen molar-refractivity contribution < 1.29 is 14.4 Å². The summed E-state index contributed by atoms with van der Waals surface area (Å²) in [6.07, 6.45) is 4.78. The maximum atomic E-state index is 13.1. The molecule has 0 saturated carbocycles. The number of anilines is 1. The Kier molecular flexibility index (Phi) is 5.89. The number of aryl methyl sites for hydroxylation is 2. The average Bonchev–Trinajstić information content (AvgIpc) is 3.15. The summed E-state index contributed by atoms with van der Waals surface area (Å²) in [6.45, 7) is 2.80. The number of hydrogen-bond acceptors (Lipinski definition) is 5. The standard InChI is InChI=1S/C26H30N4O3/c27-12-2-4-17-8-9-18-6-3-13-29(23(18)14-17)15-19-5-1-7-20-21(19)16-30(26(20)33)22-10-11-24(31)28-25(22)32/h1,5,7-9,14,22H,2-4,6,10-13,15-16,27H2,(H,28,31,32). The van der Waals surface area contributed by atoms with Gasteiger partial charge in [0.05, 0.1) is 0 Å². The van der Waals surface area contributed by atoms with Crippen LogP contribution in [-0.2, 0) is 35.5 Å². The van der Waals surface area contributed by atoms with Crippen LogP contribution in [0, 0.1) is 0 Å². The van der Waals surface area contributed by atoms with Crippen LogP contribution in [0.1, 0.15) is 58.3 Å². The molecule has 0 aromatic heterocycles. The van der Waals surface area contributed by atoms with Gasteiger partial charge in [-0.2, -0.15) is 0 Å². The second-order valence-electron chi connectivity index (χ2n) is 9.22. The van der Waals surface area contributed by atoms with Crippen molar-refractivity contribution in [3.05, 3.63) is 64.2 Å². The van der Waals surface area contributed by atoms with Crippen LogP contribution >= 0.6 is 0 Å². The number of rotatable bonds is 6. The Bertz CT molecular complexity index is 1110. The van der Waals surface area contributed by atoms with Gasteiger partial charge in [0.2, 0.25) is 11.8 Å². The van der Waals surface area contributed by atoms with Crippen LogP contribution in [0.4, 0.5) is 5.69 Å². The molecular weight excluding hydrogens is 416 g/mol. The summed E-state index contributed by atoms with van der Waals surface area (Å²) < 4.78 is 0. The number of nitrogens with one attached hydrogen (secondary N) is 1. The fourth-order valence-electron chi connectivity index (χ4n) is 5.33. The number of hydrogen-bond donors (Lipinski definition) is 2. The minimum atomic E-state index is -0.587. The maximum absolute atomic E-state index is 13.1. The van der Waals surface area contributed by atoms with Crippen LogP contribution in [0.2, 0.25) is 0 Å². The Balaban J connectivity index is 1.39. The monoisotopic (exact) mass is 446 g/mol. The number of fused-ring (bicyclic) bond motifs is 2. The van der Waals surface area contributed by atoms with E-state index in [0.29, 0.717) is 25.1 Å². The molecule has 3 N–H and O–H groups in total. The first kappa shape index (κ1) is 21.6. The van der Waals surface area contributed by atoms with E-state index in [1.165, 1.54) is 16.8 Å². The fourth-order valence-corrected chi connectivity index (χ4v) is 5.33. The van der Waals surface area contributed by atoms with E-state index < -0.39 is 6.04 Å². The van der Waals surface area contributed by atoms with Gasteiger partial charge in [0.15, 0.2) is 0 Å². The number of benzene rings is 2. The molecule has 0 radical (unpaired) electrons. The van der Waals surface area contributed by atoms with Crippen molar-refractivity contribution in [1.82, 2.24) is 10.2 Å². The van der Waals surface area contributed by atoms with Crippen molar-refractivity contribution in [1.29, 1.82) is 0 Å². The first-order valence-electron chi connectivity index (χ1n) is 11.9. The van der Waals surface area contributed by atoms with Crippen molar-refractivity contribution in [2.75, 3.05) is 18.0 Å². The first-order chi connectivity index (χ1) is 16.0. The van der Waals surface area contributed by atoms with Crippen molar-refractivity contribution in [2.24, 2.45) is 5.73 Å². The molecule has 33 heavy (non-hydrogen) atoms. The van der Waals surface area contributed by atoms with Gasteiger partial charge in [-0.25, -0.2) is 0 Å². The average molecular weight is 447 g/mol. The van der Waals surface area contributed by atoms with E-state index in [1.807, 2.05) is 12.1 Å². The van der Waals surface area contributed by atoms with Crippen molar-refractivity contribution in [2.45, 2.75) is 57.7 Å². The number of piperidine rings is 1. The summed E-state index contributed by atoms with van der Waals surface area (Å²) in [7, 11) is 0. The van der Waals surface area contributed by atoms with Gasteiger partial charge in [0.25, 0.3) is 5.91 Å². The number of carbonyl (C=O) groups excluding carboxylic acids is 3. The van der Waals surface area contributed by atoms with E-state index in [-0.39, 0.29) is 24.1 Å². The zero-order valence-corrected chi connectivity index (χ0v) is 18.8. The summed E-state index contributed by atoms with van der Waals surface area (Å²) in [5.41, 5.74) is 12.4. The Morgan fingerprint density at radius 3 is 2.79 bits per heavy atom. The van der Waals surface area contributed by atoms with Crippen LogP contribution < -0.4 is 16.0 Å². The van der Waals surface area contributed by atoms with Crippen LogP contribution in [0.25, 0.3) is 0 Å². The van der Waals surface area contributed by atoms with Gasteiger partial charge in [-0.05, 0) is 73.0 Å². The zero-order valence-electron chi connectivity index (χ0n) is 18.8. The van der Waals surface area contributed by atoms with E-state index in [2.05, 4.69) is 34.5 Å². The van der Waals surface area contributed by atoms with Gasteiger partial charge in [0, 0.05) is 37.3 Å². The molecule has 1 saturated heterocycles. The molecule has 7 heteroatoms. The number of nitrogens with two attached hydrogens (primary N) is 1. The smallest absolute Gasteiger partial charge is 0.255 e. The van der Waals surface area contributed by atoms with Crippen LogP contribution in [0.5, 0.6) is 0 Å². The summed E-state index contributed by atoms with van der Waals surface area (Å²) >= 11 is 0. The van der Waals surface area contributed by atoms with Gasteiger partial charge in [0.1, 0.15) is 6.04 Å². The Morgan fingerprint density at radius 2 is 1.97 bits per heavy atom. The van der Waals surface area contributed by atoms with Gasteiger partial charge in [-0.3, -0.25) is 19.7 Å². The van der Waals surface area contributed by atoms with E-state index in [0.717, 1.165) is 49.9 Å². The van der Waals surface area contributed by atoms with Gasteiger partial charge in [-0.15, -0.1) is 0 Å². The molecule has 7 nitrogen and oxygen atoms in total. The van der Waals surface area contributed by atoms with Crippen LogP contribution in [0.15, 0.2) is 36.4 Å². The summed E-state index contributed by atoms with van der Waals surface area (Å²) in [5, 5.41) is 2.38. The molecule has 2 aromatic carbocycles. The number of nitrogens with zero attached hydrogens (tertiary/aromatic N) is 2. The minimum absolute atomic E-state index is 0.121. The minimum Gasteiger partial charge on any atom is -0.367 e. The molecule has 1 atom stereocenters. The lowest BCUT2D eigenvalue weighted by atomic mass is 9.96. The third kappa shape index (κ3) is 4.13. The largest absolute Gasteiger partial charge is 0.367 e. The molecular formula is C26H30N4O3. The third-order valence-corrected chi connectivity index (χ3v) is 7.07. The number of amides is 3. The maximum Gasteiger partial charge on any atom is 0.255 e. The second-order valence-corrected chi connectivity index (χ2v) is 9.22. The first-order valence-corrected chi connectivity index (χ1v) is 11.9. The lowest BCUT2D eigenvalue weighted by molar-refractivity contribution is -0.136. The molecule has 3 heterocycles. The van der Waals surface area contributed by atoms with Crippen LogP contribution in [0.3, 0.4) is 0 Å². The van der Waals surface area contributed by atoms with E-state index in [9.17, 15) is 14.4 Å². The highest BCUT2D eigenvalue weighted by molar-refractivity contribution is 6.05. The normalized spacial score (nSPS) is 20.0. The third-order valence-electron chi connectivity index (χ3n) is 7.07. The number of imide groups is 1. The molecule has 5 rings (SSSR count). The lowest BCUT2D eigenvalue weighted by Crippen LogP contribution is -2.52. The molecule has 2 aromatic rings. The molecule has 0 spiro atoms. The molecule has 0 aliphatic carbocycles. The highest BCUT2D eigenvalue weighted by atomic mass is 16.2. The van der Waals surface area contributed by atoms with E-state index in [4.69, 9.17) is 5.73 Å². The Hall–Kier alpha value is -3.19. The molecule has 172 valence electrons. The van der Waals surface area contributed by atoms with Gasteiger partial charge < -0.3 is 15.5 Å².